The van der Waals surface area contributed by atoms with Crippen molar-refractivity contribution >= 4 is 17.5 Å². The van der Waals surface area contributed by atoms with E-state index in [4.69, 9.17) is 0 Å². The SMILES string of the molecule is Cc1nc([C@@H]2CCN(C(=O)CCc3c(C)n[nH]c3C)C2)ncc1C(=O)Nc1ccccc1. The average Bonchev–Trinajstić information content (AvgIpc) is 3.40. The number of rotatable bonds is 6. The molecule has 4 rings (SSSR count). The lowest BCUT2D eigenvalue weighted by Gasteiger charge is -2.16. The van der Waals surface area contributed by atoms with Crippen LogP contribution in [0.5, 0.6) is 0 Å². The lowest BCUT2D eigenvalue weighted by Crippen LogP contribution is -2.29. The topological polar surface area (TPSA) is 104 Å². The first-order valence-corrected chi connectivity index (χ1v) is 10.9. The molecular formula is C24H28N6O2. The van der Waals surface area contributed by atoms with Crippen molar-refractivity contribution in [3.63, 3.8) is 0 Å². The Morgan fingerprint density at radius 1 is 1.16 bits per heavy atom. The summed E-state index contributed by atoms with van der Waals surface area (Å²) in [5, 5.41) is 10.0. The van der Waals surface area contributed by atoms with Gasteiger partial charge in [-0.25, -0.2) is 9.97 Å². The second-order valence-corrected chi connectivity index (χ2v) is 8.29. The van der Waals surface area contributed by atoms with E-state index < -0.39 is 0 Å². The van der Waals surface area contributed by atoms with Gasteiger partial charge in [0, 0.05) is 43.0 Å². The molecule has 2 aromatic heterocycles. The molecule has 0 saturated carbocycles. The van der Waals surface area contributed by atoms with Gasteiger partial charge in [-0.05, 0) is 51.3 Å². The van der Waals surface area contributed by atoms with Gasteiger partial charge in [0.1, 0.15) is 5.82 Å². The summed E-state index contributed by atoms with van der Waals surface area (Å²) in [5.41, 5.74) is 4.92. The smallest absolute Gasteiger partial charge is 0.259 e. The Balaban J connectivity index is 1.36. The highest BCUT2D eigenvalue weighted by molar-refractivity contribution is 6.04. The molecule has 0 unspecified atom stereocenters. The van der Waals surface area contributed by atoms with Crippen LogP contribution in [0, 0.1) is 20.8 Å². The van der Waals surface area contributed by atoms with E-state index in [-0.39, 0.29) is 17.7 Å². The summed E-state index contributed by atoms with van der Waals surface area (Å²) in [6, 6.07) is 9.30. The van der Waals surface area contributed by atoms with Crippen LogP contribution in [-0.4, -0.2) is 50.0 Å². The fourth-order valence-corrected chi connectivity index (χ4v) is 4.15. The molecule has 3 aromatic rings. The first-order valence-electron chi connectivity index (χ1n) is 10.9. The van der Waals surface area contributed by atoms with E-state index in [1.165, 1.54) is 0 Å². The van der Waals surface area contributed by atoms with Gasteiger partial charge >= 0.3 is 0 Å². The molecule has 1 fully saturated rings. The predicted octanol–water partition coefficient (Wildman–Crippen LogP) is 3.33. The minimum Gasteiger partial charge on any atom is -0.342 e. The monoisotopic (exact) mass is 432 g/mol. The van der Waals surface area contributed by atoms with Gasteiger partial charge in [0.2, 0.25) is 5.91 Å². The largest absolute Gasteiger partial charge is 0.342 e. The van der Waals surface area contributed by atoms with Crippen molar-refractivity contribution in [3.8, 4) is 0 Å². The molecule has 1 aliphatic rings. The number of carbonyl (C=O) groups excluding carboxylic acids is 2. The van der Waals surface area contributed by atoms with Crippen LogP contribution in [0.25, 0.3) is 0 Å². The third-order valence-electron chi connectivity index (χ3n) is 6.05. The molecule has 1 aliphatic heterocycles. The zero-order chi connectivity index (χ0) is 22.7. The minimum absolute atomic E-state index is 0.0845. The number of hydrogen-bond acceptors (Lipinski definition) is 5. The predicted molar refractivity (Wildman–Crippen MR) is 121 cm³/mol. The fraction of sp³-hybridized carbons (Fsp3) is 0.375. The molecule has 0 spiro atoms. The van der Waals surface area contributed by atoms with Crippen molar-refractivity contribution in [2.75, 3.05) is 18.4 Å². The van der Waals surface area contributed by atoms with E-state index in [0.29, 0.717) is 43.0 Å². The Morgan fingerprint density at radius 3 is 2.62 bits per heavy atom. The van der Waals surface area contributed by atoms with Gasteiger partial charge in [-0.1, -0.05) is 18.2 Å². The first-order chi connectivity index (χ1) is 15.4. The van der Waals surface area contributed by atoms with E-state index in [1.54, 1.807) is 6.20 Å². The van der Waals surface area contributed by atoms with Crippen LogP contribution in [-0.2, 0) is 11.2 Å². The summed E-state index contributed by atoms with van der Waals surface area (Å²) in [4.78, 5) is 36.3. The van der Waals surface area contributed by atoms with Gasteiger partial charge in [0.15, 0.2) is 0 Å². The third kappa shape index (κ3) is 4.69. The Bertz CT molecular complexity index is 1110. The van der Waals surface area contributed by atoms with Gasteiger partial charge in [-0.2, -0.15) is 5.10 Å². The fourth-order valence-electron chi connectivity index (χ4n) is 4.15. The Hall–Kier alpha value is -3.55. The number of nitrogens with one attached hydrogen (secondary N) is 2. The molecule has 1 aromatic carbocycles. The number of anilines is 1. The number of hydrogen-bond donors (Lipinski definition) is 2. The van der Waals surface area contributed by atoms with Gasteiger partial charge in [-0.15, -0.1) is 0 Å². The molecule has 0 aliphatic carbocycles. The minimum atomic E-state index is -0.228. The van der Waals surface area contributed by atoms with Gasteiger partial charge in [0.05, 0.1) is 17.0 Å². The van der Waals surface area contributed by atoms with Crippen molar-refractivity contribution in [2.24, 2.45) is 0 Å². The Kier molecular flexibility index (Phi) is 6.30. The van der Waals surface area contributed by atoms with Crippen molar-refractivity contribution in [1.29, 1.82) is 0 Å². The number of para-hydroxylation sites is 1. The zero-order valence-electron chi connectivity index (χ0n) is 18.7. The molecule has 8 nitrogen and oxygen atoms in total. The van der Waals surface area contributed by atoms with E-state index in [0.717, 1.165) is 29.1 Å². The first kappa shape index (κ1) is 21.7. The second-order valence-electron chi connectivity index (χ2n) is 8.29. The summed E-state index contributed by atoms with van der Waals surface area (Å²) < 4.78 is 0. The van der Waals surface area contributed by atoms with Crippen LogP contribution in [0.1, 0.15) is 57.6 Å². The highest BCUT2D eigenvalue weighted by Gasteiger charge is 2.29. The average molecular weight is 433 g/mol. The van der Waals surface area contributed by atoms with Gasteiger partial charge < -0.3 is 10.2 Å². The standard InChI is InChI=1S/C24H28N6O2/c1-15-21(24(32)27-19-7-5-4-6-8-19)13-25-23(26-15)18-11-12-30(14-18)22(31)10-9-20-16(2)28-29-17(20)3/h4-8,13,18H,9-12,14H2,1-3H3,(H,27,32)(H,28,29)/t18-/m1/s1. The van der Waals surface area contributed by atoms with Crippen molar-refractivity contribution in [1.82, 2.24) is 25.1 Å². The molecule has 2 amide bonds. The number of carbonyl (C=O) groups is 2. The van der Waals surface area contributed by atoms with Crippen molar-refractivity contribution < 1.29 is 9.59 Å². The second kappa shape index (κ2) is 9.30. The highest BCUT2D eigenvalue weighted by atomic mass is 16.2. The van der Waals surface area contributed by atoms with Crippen LogP contribution >= 0.6 is 0 Å². The molecular weight excluding hydrogens is 404 g/mol. The van der Waals surface area contributed by atoms with E-state index in [1.807, 2.05) is 56.0 Å². The van der Waals surface area contributed by atoms with Crippen molar-refractivity contribution in [3.05, 3.63) is 70.6 Å². The van der Waals surface area contributed by atoms with Crippen LogP contribution in [0.2, 0.25) is 0 Å². The molecule has 32 heavy (non-hydrogen) atoms. The summed E-state index contributed by atoms with van der Waals surface area (Å²) in [7, 11) is 0. The summed E-state index contributed by atoms with van der Waals surface area (Å²) in [6.45, 7) is 7.06. The molecule has 1 atom stereocenters. The number of benzene rings is 1. The quantitative estimate of drug-likeness (QED) is 0.622. The maximum absolute atomic E-state index is 12.7. The molecule has 8 heteroatoms. The van der Waals surface area contributed by atoms with E-state index in [9.17, 15) is 9.59 Å². The van der Waals surface area contributed by atoms with Crippen molar-refractivity contribution in [2.45, 2.75) is 46.0 Å². The molecule has 1 saturated heterocycles. The Labute approximate surface area is 187 Å². The highest BCUT2D eigenvalue weighted by Crippen LogP contribution is 2.26. The van der Waals surface area contributed by atoms with Gasteiger partial charge in [-0.3, -0.25) is 14.7 Å². The van der Waals surface area contributed by atoms with E-state index >= 15 is 0 Å². The normalized spacial score (nSPS) is 15.7. The molecule has 0 radical (unpaired) electrons. The lowest BCUT2D eigenvalue weighted by molar-refractivity contribution is -0.130. The number of amides is 2. The summed E-state index contributed by atoms with van der Waals surface area (Å²) >= 11 is 0. The maximum Gasteiger partial charge on any atom is 0.259 e. The zero-order valence-corrected chi connectivity index (χ0v) is 18.7. The van der Waals surface area contributed by atoms with Crippen LogP contribution in [0.4, 0.5) is 5.69 Å². The molecule has 2 N–H and O–H groups in total. The number of nitrogens with zero attached hydrogens (tertiary/aromatic N) is 4. The van der Waals surface area contributed by atoms with Crippen LogP contribution in [0.3, 0.4) is 0 Å². The number of likely N-dealkylation sites (tertiary alicyclic amines) is 1. The number of aryl methyl sites for hydroxylation is 3. The van der Waals surface area contributed by atoms with E-state index in [2.05, 4.69) is 25.5 Å². The maximum atomic E-state index is 12.7. The van der Waals surface area contributed by atoms with Crippen LogP contribution < -0.4 is 5.32 Å². The number of H-pyrrole nitrogens is 1. The third-order valence-corrected chi connectivity index (χ3v) is 6.05. The van der Waals surface area contributed by atoms with Crippen LogP contribution in [0.15, 0.2) is 36.5 Å². The Morgan fingerprint density at radius 2 is 1.94 bits per heavy atom. The summed E-state index contributed by atoms with van der Waals surface area (Å²) in [6.07, 6.45) is 3.57. The molecule has 3 heterocycles. The molecule has 0 bridgehead atoms. The number of aromatic nitrogens is 4. The number of aromatic amines is 1. The lowest BCUT2D eigenvalue weighted by atomic mass is 10.1. The molecule has 166 valence electrons. The summed E-state index contributed by atoms with van der Waals surface area (Å²) in [5.74, 6) is 0.688. The van der Waals surface area contributed by atoms with Gasteiger partial charge in [0.25, 0.3) is 5.91 Å².